The van der Waals surface area contributed by atoms with E-state index in [-0.39, 0.29) is 5.41 Å². The molecule has 12 aromatic rings. The van der Waals surface area contributed by atoms with Crippen LogP contribution in [0.15, 0.2) is 249 Å². The van der Waals surface area contributed by atoms with Gasteiger partial charge < -0.3 is 9.80 Å². The molecule has 0 bridgehead atoms. The van der Waals surface area contributed by atoms with E-state index in [0.717, 1.165) is 56.4 Å². The van der Waals surface area contributed by atoms with Crippen molar-refractivity contribution in [1.82, 2.24) is 0 Å². The van der Waals surface area contributed by atoms with Crippen molar-refractivity contribution in [2.75, 3.05) is 9.80 Å². The van der Waals surface area contributed by atoms with E-state index in [1.165, 1.54) is 71.3 Å². The average Bonchev–Trinajstić information content (AvgIpc) is 3.42. The first-order chi connectivity index (χ1) is 35.2. The van der Waals surface area contributed by atoms with Gasteiger partial charge >= 0.3 is 0 Å². The van der Waals surface area contributed by atoms with Crippen LogP contribution >= 0.6 is 0 Å². The first-order valence-electron chi connectivity index (χ1n) is 25.2. The highest BCUT2D eigenvalue weighted by molar-refractivity contribution is 6.29. The van der Waals surface area contributed by atoms with Crippen LogP contribution in [0.2, 0.25) is 0 Å². The normalized spacial score (nSPS) is 11.7. The first kappa shape index (κ1) is 44.5. The minimum absolute atomic E-state index is 0.0285. The molecule has 346 valence electrons. The molecule has 0 aromatic heterocycles. The fourth-order valence-corrected chi connectivity index (χ4v) is 11.1. The summed E-state index contributed by atoms with van der Waals surface area (Å²) < 4.78 is 0. The van der Waals surface area contributed by atoms with Crippen molar-refractivity contribution in [2.45, 2.75) is 40.0 Å². The highest BCUT2D eigenvalue weighted by atomic mass is 15.2. The third-order valence-corrected chi connectivity index (χ3v) is 14.7. The van der Waals surface area contributed by atoms with Crippen LogP contribution in [0.5, 0.6) is 0 Å². The number of hydrogen-bond donors (Lipinski definition) is 0. The fraction of sp³-hybridized carbons (Fsp3) is 0.0857. The molecule has 0 fully saturated rings. The van der Waals surface area contributed by atoms with Gasteiger partial charge in [-0.15, -0.1) is 0 Å². The third-order valence-electron chi connectivity index (χ3n) is 14.7. The quantitative estimate of drug-likeness (QED) is 0.126. The van der Waals surface area contributed by atoms with Crippen LogP contribution in [0, 0.1) is 13.8 Å². The Kier molecular flexibility index (Phi) is 11.3. The Bertz CT molecular complexity index is 3660. The molecule has 0 spiro atoms. The highest BCUT2D eigenvalue weighted by Crippen LogP contribution is 2.54. The van der Waals surface area contributed by atoms with Gasteiger partial charge in [-0.25, -0.2) is 0 Å². The maximum atomic E-state index is 2.56. The van der Waals surface area contributed by atoms with E-state index in [0.29, 0.717) is 0 Å². The summed E-state index contributed by atoms with van der Waals surface area (Å²) in [7, 11) is 0. The minimum atomic E-state index is -0.0285. The van der Waals surface area contributed by atoms with Crippen LogP contribution in [0.4, 0.5) is 34.1 Å². The summed E-state index contributed by atoms with van der Waals surface area (Å²) in [5.74, 6) is 0. The molecule has 12 rings (SSSR count). The summed E-state index contributed by atoms with van der Waals surface area (Å²) in [6, 6.07) is 91.8. The van der Waals surface area contributed by atoms with Gasteiger partial charge in [0, 0.05) is 38.7 Å². The van der Waals surface area contributed by atoms with E-state index in [4.69, 9.17) is 0 Å². The molecule has 0 aliphatic rings. The predicted octanol–water partition coefficient (Wildman–Crippen LogP) is 20.1. The van der Waals surface area contributed by atoms with Crippen molar-refractivity contribution in [3.8, 4) is 44.5 Å². The van der Waals surface area contributed by atoms with E-state index in [9.17, 15) is 0 Å². The van der Waals surface area contributed by atoms with Crippen molar-refractivity contribution >= 4 is 66.4 Å². The molecule has 0 saturated carbocycles. The van der Waals surface area contributed by atoms with E-state index < -0.39 is 0 Å². The molecule has 72 heavy (non-hydrogen) atoms. The molecule has 2 nitrogen and oxygen atoms in total. The lowest BCUT2D eigenvalue weighted by molar-refractivity contribution is 0.591. The Hall–Kier alpha value is -8.72. The summed E-state index contributed by atoms with van der Waals surface area (Å²) in [6.07, 6.45) is 0. The molecule has 0 unspecified atom stereocenters. The van der Waals surface area contributed by atoms with Crippen molar-refractivity contribution in [2.24, 2.45) is 0 Å². The second-order valence-electron chi connectivity index (χ2n) is 20.1. The number of nitrogens with zero attached hydrogens (tertiary/aromatic N) is 2. The largest absolute Gasteiger partial charge is 0.309 e. The average molecular weight is 925 g/mol. The molecular weight excluding hydrogens is 869 g/mol. The second kappa shape index (κ2) is 18.2. The van der Waals surface area contributed by atoms with Gasteiger partial charge in [-0.2, -0.15) is 0 Å². The maximum absolute atomic E-state index is 2.56. The van der Waals surface area contributed by atoms with Crippen LogP contribution in [-0.4, -0.2) is 0 Å². The zero-order chi connectivity index (χ0) is 48.9. The van der Waals surface area contributed by atoms with Gasteiger partial charge in [0.2, 0.25) is 0 Å². The molecule has 0 saturated heterocycles. The van der Waals surface area contributed by atoms with E-state index in [1.54, 1.807) is 0 Å². The molecule has 0 heterocycles. The Balaban J connectivity index is 1.26. The van der Waals surface area contributed by atoms with Gasteiger partial charge in [-0.3, -0.25) is 0 Å². The Morgan fingerprint density at radius 1 is 0.278 bits per heavy atom. The third kappa shape index (κ3) is 7.77. The van der Waals surface area contributed by atoms with Gasteiger partial charge in [0.25, 0.3) is 0 Å². The molecule has 0 aliphatic heterocycles. The monoisotopic (exact) mass is 924 g/mol. The Morgan fingerprint density at radius 3 is 1.00 bits per heavy atom. The van der Waals surface area contributed by atoms with Crippen molar-refractivity contribution in [3.05, 3.63) is 265 Å². The molecule has 0 N–H and O–H groups in total. The van der Waals surface area contributed by atoms with Gasteiger partial charge in [-0.1, -0.05) is 239 Å². The van der Waals surface area contributed by atoms with Gasteiger partial charge in [0.15, 0.2) is 0 Å². The van der Waals surface area contributed by atoms with Crippen LogP contribution in [0.1, 0.15) is 37.5 Å². The summed E-state index contributed by atoms with van der Waals surface area (Å²) in [5.41, 5.74) is 19.8. The SMILES string of the molecule is Cc1c(-c2ccccc2)cccc1N(c1ccccc1-c1ccccc1)c1cc(N(c2ccccc2-c2ccccc2)c2cccc(-c3ccccc3)c2C)c2ccc3cc(C(C)(C)C)cc4ccc1c2c43. The summed E-state index contributed by atoms with van der Waals surface area (Å²) in [5, 5.41) is 7.39. The van der Waals surface area contributed by atoms with Crippen molar-refractivity contribution in [1.29, 1.82) is 0 Å². The highest BCUT2D eigenvalue weighted by Gasteiger charge is 2.29. The lowest BCUT2D eigenvalue weighted by atomic mass is 9.83. The van der Waals surface area contributed by atoms with E-state index in [1.807, 2.05) is 0 Å². The lowest BCUT2D eigenvalue weighted by Crippen LogP contribution is -2.17. The Morgan fingerprint density at radius 2 is 0.611 bits per heavy atom. The molecule has 0 atom stereocenters. The number of para-hydroxylation sites is 2. The molecule has 0 amide bonds. The summed E-state index contributed by atoms with van der Waals surface area (Å²) >= 11 is 0. The van der Waals surface area contributed by atoms with Crippen LogP contribution in [-0.2, 0) is 5.41 Å². The predicted molar refractivity (Wildman–Crippen MR) is 309 cm³/mol. The number of anilines is 6. The number of rotatable bonds is 10. The van der Waals surface area contributed by atoms with Crippen LogP contribution in [0.25, 0.3) is 76.8 Å². The summed E-state index contributed by atoms with van der Waals surface area (Å²) in [4.78, 5) is 5.13. The zero-order valence-corrected chi connectivity index (χ0v) is 41.6. The number of hydrogen-bond acceptors (Lipinski definition) is 2. The standard InChI is InChI=1S/C70H56N2/c1-47-56(49-24-10-6-11-25-49)34-22-38-62(47)71(64-36-20-18-32-58(64)51-28-14-8-15-29-51)66-46-67(61-43-41-54-45-55(70(3,4)5)44-53-40-42-60(66)69(61)68(53)54)72(65-37-21-19-33-59(65)52-30-16-9-17-31-52)63-39-23-35-57(48(63)2)50-26-12-7-13-27-50/h6-46H,1-5H3. The van der Waals surface area contributed by atoms with E-state index in [2.05, 4.69) is 293 Å². The maximum Gasteiger partial charge on any atom is 0.0561 e. The lowest BCUT2D eigenvalue weighted by Gasteiger charge is -2.35. The molecule has 12 aromatic carbocycles. The molecule has 0 radical (unpaired) electrons. The van der Waals surface area contributed by atoms with Crippen molar-refractivity contribution < 1.29 is 0 Å². The topological polar surface area (TPSA) is 6.48 Å². The summed E-state index contributed by atoms with van der Waals surface area (Å²) in [6.45, 7) is 11.5. The van der Waals surface area contributed by atoms with E-state index >= 15 is 0 Å². The van der Waals surface area contributed by atoms with Crippen molar-refractivity contribution in [3.63, 3.8) is 0 Å². The van der Waals surface area contributed by atoms with Crippen LogP contribution < -0.4 is 9.80 Å². The smallest absolute Gasteiger partial charge is 0.0561 e. The van der Waals surface area contributed by atoms with Gasteiger partial charge in [0.1, 0.15) is 0 Å². The molecule has 0 aliphatic carbocycles. The molecule has 2 heteroatoms. The number of benzene rings is 12. The van der Waals surface area contributed by atoms with Gasteiger partial charge in [-0.05, 0) is 116 Å². The molecular formula is C70H56N2. The van der Waals surface area contributed by atoms with Crippen LogP contribution in [0.3, 0.4) is 0 Å². The zero-order valence-electron chi connectivity index (χ0n) is 41.6. The minimum Gasteiger partial charge on any atom is -0.309 e. The first-order valence-corrected chi connectivity index (χ1v) is 25.2. The Labute approximate surface area is 424 Å². The van der Waals surface area contributed by atoms with Gasteiger partial charge in [0.05, 0.1) is 22.7 Å². The second-order valence-corrected chi connectivity index (χ2v) is 20.1. The fourth-order valence-electron chi connectivity index (χ4n) is 11.1.